The van der Waals surface area contributed by atoms with E-state index in [4.69, 9.17) is 4.42 Å². The molecule has 2 saturated carbocycles. The number of benzene rings is 1. The number of hydrogen-bond acceptors (Lipinski definition) is 11. The minimum absolute atomic E-state index is 0.0379. The molecule has 0 bridgehead atoms. The molecular weight excluding hydrogens is 777 g/mol. The van der Waals surface area contributed by atoms with Crippen LogP contribution < -0.4 is 25.8 Å². The number of aromatic nitrogens is 4. The highest BCUT2D eigenvalue weighted by Gasteiger charge is 2.36. The van der Waals surface area contributed by atoms with Crippen LogP contribution >= 0.6 is 0 Å². The summed E-state index contributed by atoms with van der Waals surface area (Å²) in [4.78, 5) is 67.4. The van der Waals surface area contributed by atoms with Gasteiger partial charge in [-0.25, -0.2) is 23.5 Å². The standard InChI is InChI=1S/C42H49F2N11O5/c43-38(44)37-33(47-39(57)34-25-60-40(48-34)27-11-14-45-35(21-27)46-22-26-1-2-26)24-55(50-37)32-9-5-29(6-10-32)51-17-19-52(20-18-51)41(58)28-12-15-53(23-28)30-3-7-31(8-4-30)54-16-13-36(56)49-42(54)59/h3-4,7-8,11,14,21,24-26,28-29,32,38H,1-2,5-6,9-10,12-13,15-20,22-23H2,(H,45,46)(H,47,57)(H,49,56,59)/t28-,29?,32?/m0/s1. The first-order chi connectivity index (χ1) is 29.1. The number of nitrogens with zero attached hydrogens (tertiary/aromatic N) is 8. The van der Waals surface area contributed by atoms with E-state index in [2.05, 4.69) is 40.8 Å². The Labute approximate surface area is 345 Å². The average molecular weight is 826 g/mol. The van der Waals surface area contributed by atoms with E-state index in [1.165, 1.54) is 25.3 Å². The van der Waals surface area contributed by atoms with Gasteiger partial charge in [0, 0.05) is 94.2 Å². The summed E-state index contributed by atoms with van der Waals surface area (Å²) in [6, 6.07) is 11.0. The number of oxazole rings is 1. The Balaban J connectivity index is 0.737. The molecule has 60 heavy (non-hydrogen) atoms. The number of imide groups is 1. The topological polar surface area (TPSA) is 174 Å². The number of amides is 5. The van der Waals surface area contributed by atoms with E-state index in [9.17, 15) is 28.0 Å². The Hall–Kier alpha value is -5.91. The normalized spacial score (nSPS) is 22.6. The van der Waals surface area contributed by atoms with Crippen molar-refractivity contribution in [2.24, 2.45) is 11.8 Å². The van der Waals surface area contributed by atoms with Crippen molar-refractivity contribution >= 4 is 46.6 Å². The Morgan fingerprint density at radius 3 is 2.38 bits per heavy atom. The first-order valence-corrected chi connectivity index (χ1v) is 21.0. The van der Waals surface area contributed by atoms with Crippen LogP contribution in [0.15, 0.2) is 59.5 Å². The van der Waals surface area contributed by atoms with Gasteiger partial charge in [0.15, 0.2) is 11.4 Å². The SMILES string of the molecule is O=C1CCN(c2ccc(N3CC[C@H](C(=O)N4CCN(C5CCC(n6cc(NC(=O)c7coc(-c8ccnc(NCC9CC9)c8)n7)c(C(F)F)n6)CC5)CC4)C3)cc2)C(=O)N1. The van der Waals surface area contributed by atoms with Gasteiger partial charge in [0.1, 0.15) is 12.1 Å². The Bertz CT molecular complexity index is 2210. The first-order valence-electron chi connectivity index (χ1n) is 21.0. The number of urea groups is 1. The molecule has 5 aliphatic rings. The average Bonchev–Trinajstić information content (AvgIpc) is 3.59. The molecule has 6 heterocycles. The maximum Gasteiger partial charge on any atom is 0.328 e. The zero-order valence-corrected chi connectivity index (χ0v) is 33.3. The van der Waals surface area contributed by atoms with Gasteiger partial charge in [0.25, 0.3) is 12.3 Å². The Kier molecular flexibility index (Phi) is 11.2. The summed E-state index contributed by atoms with van der Waals surface area (Å²) in [5.74, 6) is 0.743. The fourth-order valence-corrected chi connectivity index (χ4v) is 8.88. The van der Waals surface area contributed by atoms with Crippen molar-refractivity contribution in [1.82, 2.24) is 34.9 Å². The van der Waals surface area contributed by atoms with Gasteiger partial charge in [-0.1, -0.05) is 0 Å². The number of carbonyl (C=O) groups is 4. The highest BCUT2D eigenvalue weighted by atomic mass is 19.3. The summed E-state index contributed by atoms with van der Waals surface area (Å²) in [6.45, 7) is 5.50. The second-order valence-electron chi connectivity index (χ2n) is 16.5. The number of halogens is 2. The zero-order chi connectivity index (χ0) is 41.3. The molecule has 9 rings (SSSR count). The van der Waals surface area contributed by atoms with Crippen LogP contribution in [0.2, 0.25) is 0 Å². The van der Waals surface area contributed by atoms with E-state index in [-0.39, 0.29) is 47.5 Å². The number of anilines is 4. The number of hydrogen-bond donors (Lipinski definition) is 3. The third-order valence-electron chi connectivity index (χ3n) is 12.5. The minimum atomic E-state index is -2.88. The lowest BCUT2D eigenvalue weighted by atomic mass is 9.90. The number of alkyl halides is 2. The van der Waals surface area contributed by atoms with Gasteiger partial charge >= 0.3 is 6.03 Å². The molecule has 3 aliphatic heterocycles. The monoisotopic (exact) mass is 825 g/mol. The largest absolute Gasteiger partial charge is 0.444 e. The van der Waals surface area contributed by atoms with Crippen molar-refractivity contribution in [3.63, 3.8) is 0 Å². The van der Waals surface area contributed by atoms with E-state index in [1.54, 1.807) is 27.9 Å². The first kappa shape index (κ1) is 39.5. The molecule has 4 aromatic rings. The van der Waals surface area contributed by atoms with Crippen LogP contribution in [-0.2, 0) is 9.59 Å². The predicted molar refractivity (Wildman–Crippen MR) is 218 cm³/mol. The lowest BCUT2D eigenvalue weighted by Crippen LogP contribution is -2.53. The maximum atomic E-state index is 14.2. The molecule has 1 atom stereocenters. The molecule has 5 fully saturated rings. The summed E-state index contributed by atoms with van der Waals surface area (Å²) in [5.41, 5.74) is 1.79. The van der Waals surface area contributed by atoms with Crippen LogP contribution in [0.3, 0.4) is 0 Å². The maximum absolute atomic E-state index is 14.2. The highest BCUT2D eigenvalue weighted by molar-refractivity contribution is 6.05. The van der Waals surface area contributed by atoms with Crippen LogP contribution in [0.5, 0.6) is 0 Å². The molecule has 0 radical (unpaired) electrons. The van der Waals surface area contributed by atoms with Crippen LogP contribution in [0.1, 0.15) is 80.0 Å². The molecule has 1 aromatic carbocycles. The number of pyridine rings is 1. The molecule has 316 valence electrons. The molecule has 2 aliphatic carbocycles. The summed E-state index contributed by atoms with van der Waals surface area (Å²) in [5, 5.41) is 12.5. The van der Waals surface area contributed by atoms with Gasteiger partial charge in [-0.2, -0.15) is 5.10 Å². The van der Waals surface area contributed by atoms with E-state index >= 15 is 0 Å². The third-order valence-corrected chi connectivity index (χ3v) is 12.5. The van der Waals surface area contributed by atoms with Crippen LogP contribution in [0.4, 0.5) is 36.5 Å². The van der Waals surface area contributed by atoms with E-state index < -0.39 is 24.1 Å². The number of piperazine rings is 1. The summed E-state index contributed by atoms with van der Waals surface area (Å²) < 4.78 is 35.5. The van der Waals surface area contributed by atoms with Gasteiger partial charge in [0.05, 0.1) is 17.6 Å². The quantitative estimate of drug-likeness (QED) is 0.164. The van der Waals surface area contributed by atoms with Crippen molar-refractivity contribution in [3.8, 4) is 11.5 Å². The molecule has 3 N–H and O–H groups in total. The Morgan fingerprint density at radius 1 is 0.900 bits per heavy atom. The van der Waals surface area contributed by atoms with Crippen molar-refractivity contribution in [2.75, 3.05) is 72.8 Å². The van der Waals surface area contributed by atoms with Crippen LogP contribution in [0.25, 0.3) is 11.5 Å². The summed E-state index contributed by atoms with van der Waals surface area (Å²) >= 11 is 0. The molecule has 16 nitrogen and oxygen atoms in total. The van der Waals surface area contributed by atoms with Gasteiger partial charge < -0.3 is 24.9 Å². The summed E-state index contributed by atoms with van der Waals surface area (Å²) in [6.07, 6.45) is 8.17. The van der Waals surface area contributed by atoms with Crippen molar-refractivity contribution in [3.05, 3.63) is 66.4 Å². The fraction of sp³-hybridized carbons (Fsp3) is 0.500. The lowest BCUT2D eigenvalue weighted by molar-refractivity contribution is -0.137. The molecule has 3 saturated heterocycles. The van der Waals surface area contributed by atoms with Crippen molar-refractivity contribution < 1.29 is 32.4 Å². The highest BCUT2D eigenvalue weighted by Crippen LogP contribution is 2.36. The van der Waals surface area contributed by atoms with E-state index in [1.807, 2.05) is 29.2 Å². The molecular formula is C42H49F2N11O5. The molecule has 3 aromatic heterocycles. The smallest absolute Gasteiger partial charge is 0.328 e. The Morgan fingerprint density at radius 2 is 1.65 bits per heavy atom. The second-order valence-corrected chi connectivity index (χ2v) is 16.5. The second kappa shape index (κ2) is 17.0. The van der Waals surface area contributed by atoms with Gasteiger partial charge in [-0.05, 0) is 87.3 Å². The van der Waals surface area contributed by atoms with E-state index in [0.717, 1.165) is 69.7 Å². The number of carbonyl (C=O) groups excluding carboxylic acids is 4. The summed E-state index contributed by atoms with van der Waals surface area (Å²) in [7, 11) is 0. The number of nitrogens with one attached hydrogen (secondary N) is 3. The molecule has 18 heteroatoms. The van der Waals surface area contributed by atoms with Gasteiger partial charge in [-0.3, -0.25) is 34.2 Å². The van der Waals surface area contributed by atoms with Crippen molar-refractivity contribution in [2.45, 2.75) is 69.9 Å². The molecule has 0 unspecified atom stereocenters. The van der Waals surface area contributed by atoms with Gasteiger partial charge in [0.2, 0.25) is 17.7 Å². The van der Waals surface area contributed by atoms with Crippen LogP contribution in [-0.4, -0.2) is 112 Å². The van der Waals surface area contributed by atoms with Crippen molar-refractivity contribution in [1.29, 1.82) is 0 Å². The zero-order valence-electron chi connectivity index (χ0n) is 33.3. The molecule has 5 amide bonds. The van der Waals surface area contributed by atoms with Gasteiger partial charge in [-0.15, -0.1) is 0 Å². The minimum Gasteiger partial charge on any atom is -0.444 e. The van der Waals surface area contributed by atoms with Crippen LogP contribution in [0, 0.1) is 11.8 Å². The van der Waals surface area contributed by atoms with E-state index in [0.29, 0.717) is 49.5 Å². The fourth-order valence-electron chi connectivity index (χ4n) is 8.88. The molecule has 0 spiro atoms. The lowest BCUT2D eigenvalue weighted by Gasteiger charge is -2.42. The third kappa shape index (κ3) is 8.69. The predicted octanol–water partition coefficient (Wildman–Crippen LogP) is 5.55. The number of rotatable bonds is 12.